The number of benzene rings is 1. The molecule has 1 aromatic rings. The van der Waals surface area contributed by atoms with Crippen LogP contribution >= 0.6 is 0 Å². The molecule has 1 aliphatic heterocycles. The number of carbonyl (C=O) groups is 1. The fraction of sp³-hybridized carbons (Fsp3) is 0.444. The number of rotatable bonds is 2. The molecule has 2 fully saturated rings. The maximum absolute atomic E-state index is 12.1. The van der Waals surface area contributed by atoms with E-state index < -0.39 is 5.60 Å². The molecule has 1 spiro atoms. The highest BCUT2D eigenvalue weighted by atomic mass is 16.6. The van der Waals surface area contributed by atoms with Crippen molar-refractivity contribution in [3.05, 3.63) is 52.8 Å². The SMILES string of the molecule is COC(=O)C1=C=C(C)C[C@H]2C[C@H](c3ccccc3)[C@@H]3O[C@]123. The van der Waals surface area contributed by atoms with E-state index in [0.29, 0.717) is 17.4 Å². The van der Waals surface area contributed by atoms with E-state index in [9.17, 15) is 4.79 Å². The van der Waals surface area contributed by atoms with Crippen molar-refractivity contribution in [2.24, 2.45) is 5.92 Å². The summed E-state index contributed by atoms with van der Waals surface area (Å²) in [6, 6.07) is 10.5. The Morgan fingerprint density at radius 1 is 1.38 bits per heavy atom. The number of methoxy groups -OCH3 is 1. The van der Waals surface area contributed by atoms with Crippen LogP contribution in [0.25, 0.3) is 0 Å². The average molecular weight is 282 g/mol. The Hall–Kier alpha value is -1.83. The molecule has 0 radical (unpaired) electrons. The number of hydrogen-bond donors (Lipinski definition) is 0. The Bertz CT molecular complexity index is 669. The van der Waals surface area contributed by atoms with Gasteiger partial charge in [0.2, 0.25) is 0 Å². The van der Waals surface area contributed by atoms with E-state index in [4.69, 9.17) is 9.47 Å². The zero-order valence-corrected chi connectivity index (χ0v) is 12.3. The third-order valence-electron chi connectivity index (χ3n) is 5.10. The predicted molar refractivity (Wildman–Crippen MR) is 77.7 cm³/mol. The Labute approximate surface area is 124 Å². The van der Waals surface area contributed by atoms with Gasteiger partial charge in [0.15, 0.2) is 0 Å². The second kappa shape index (κ2) is 4.33. The molecule has 21 heavy (non-hydrogen) atoms. The van der Waals surface area contributed by atoms with Crippen molar-refractivity contribution in [1.82, 2.24) is 0 Å². The fourth-order valence-electron chi connectivity index (χ4n) is 4.19. The van der Waals surface area contributed by atoms with Gasteiger partial charge >= 0.3 is 5.97 Å². The van der Waals surface area contributed by atoms with E-state index in [1.807, 2.05) is 13.0 Å². The highest BCUT2D eigenvalue weighted by Gasteiger charge is 2.73. The molecule has 1 saturated heterocycles. The molecular weight excluding hydrogens is 264 g/mol. The first kappa shape index (κ1) is 12.9. The fourth-order valence-corrected chi connectivity index (χ4v) is 4.19. The van der Waals surface area contributed by atoms with Crippen molar-refractivity contribution in [3.63, 3.8) is 0 Å². The maximum Gasteiger partial charge on any atom is 0.344 e. The number of carbonyl (C=O) groups excluding carboxylic acids is 1. The molecule has 0 aromatic heterocycles. The van der Waals surface area contributed by atoms with Crippen molar-refractivity contribution >= 4 is 5.97 Å². The first-order chi connectivity index (χ1) is 10.2. The topological polar surface area (TPSA) is 38.8 Å². The van der Waals surface area contributed by atoms with E-state index in [0.717, 1.165) is 18.4 Å². The van der Waals surface area contributed by atoms with Gasteiger partial charge in [-0.05, 0) is 30.9 Å². The van der Waals surface area contributed by atoms with Gasteiger partial charge in [-0.2, -0.15) is 0 Å². The standard InChI is InChI=1S/C18H18O3/c1-11-8-13-10-14(12-6-4-3-5-7-12)16-18(13,21-16)15(9-11)17(19)20-2/h3-7,13-14,16H,8,10H2,1-2H3/t13-,14+,16-,18-/m0/s1. The molecule has 1 aromatic carbocycles. The third kappa shape index (κ3) is 1.68. The van der Waals surface area contributed by atoms with Crippen LogP contribution in [-0.4, -0.2) is 24.8 Å². The zero-order valence-electron chi connectivity index (χ0n) is 12.3. The Morgan fingerprint density at radius 2 is 2.14 bits per heavy atom. The van der Waals surface area contributed by atoms with Crippen LogP contribution in [0.5, 0.6) is 0 Å². The third-order valence-corrected chi connectivity index (χ3v) is 5.10. The lowest BCUT2D eigenvalue weighted by Gasteiger charge is -2.25. The molecule has 1 saturated carbocycles. The number of ether oxygens (including phenoxy) is 2. The van der Waals surface area contributed by atoms with Crippen LogP contribution in [0.1, 0.15) is 31.2 Å². The van der Waals surface area contributed by atoms with Crippen LogP contribution < -0.4 is 0 Å². The molecule has 0 bridgehead atoms. The van der Waals surface area contributed by atoms with Gasteiger partial charge in [0.05, 0.1) is 7.11 Å². The average Bonchev–Trinajstić information content (AvgIpc) is 3.16. The van der Waals surface area contributed by atoms with Gasteiger partial charge in [0.1, 0.15) is 17.3 Å². The van der Waals surface area contributed by atoms with Crippen LogP contribution in [0.3, 0.4) is 0 Å². The van der Waals surface area contributed by atoms with Crippen LogP contribution in [0.2, 0.25) is 0 Å². The summed E-state index contributed by atoms with van der Waals surface area (Å²) in [5, 5.41) is 0. The molecule has 3 nitrogen and oxygen atoms in total. The lowest BCUT2D eigenvalue weighted by atomic mass is 9.80. The van der Waals surface area contributed by atoms with Crippen LogP contribution in [0.15, 0.2) is 47.2 Å². The minimum Gasteiger partial charge on any atom is -0.465 e. The Balaban J connectivity index is 1.73. The zero-order chi connectivity index (χ0) is 14.6. The lowest BCUT2D eigenvalue weighted by molar-refractivity contribution is -0.137. The Kier molecular flexibility index (Phi) is 2.66. The highest BCUT2D eigenvalue weighted by molar-refractivity contribution is 5.92. The van der Waals surface area contributed by atoms with Gasteiger partial charge in [-0.15, -0.1) is 5.73 Å². The quantitative estimate of drug-likeness (QED) is 0.475. The number of esters is 1. The van der Waals surface area contributed by atoms with Gasteiger partial charge in [-0.1, -0.05) is 30.3 Å². The summed E-state index contributed by atoms with van der Waals surface area (Å²) in [4.78, 5) is 12.1. The molecule has 1 heterocycles. The summed E-state index contributed by atoms with van der Waals surface area (Å²) in [5.74, 6) is 0.432. The van der Waals surface area contributed by atoms with Crippen LogP contribution in [0.4, 0.5) is 0 Å². The Morgan fingerprint density at radius 3 is 2.86 bits per heavy atom. The minimum absolute atomic E-state index is 0.0969. The molecular formula is C18H18O3. The van der Waals surface area contributed by atoms with Crippen molar-refractivity contribution in [1.29, 1.82) is 0 Å². The van der Waals surface area contributed by atoms with E-state index >= 15 is 0 Å². The number of epoxide rings is 1. The molecule has 0 amide bonds. The first-order valence-corrected chi connectivity index (χ1v) is 7.44. The molecule has 3 heteroatoms. The molecule has 4 atom stereocenters. The van der Waals surface area contributed by atoms with E-state index in [1.165, 1.54) is 12.7 Å². The van der Waals surface area contributed by atoms with E-state index in [-0.39, 0.29) is 12.1 Å². The van der Waals surface area contributed by atoms with E-state index in [2.05, 4.69) is 30.0 Å². The van der Waals surface area contributed by atoms with Gasteiger partial charge in [0, 0.05) is 11.8 Å². The summed E-state index contributed by atoms with van der Waals surface area (Å²) >= 11 is 0. The van der Waals surface area contributed by atoms with Gasteiger partial charge < -0.3 is 9.47 Å². The molecule has 2 aliphatic carbocycles. The summed E-state index contributed by atoms with van der Waals surface area (Å²) < 4.78 is 11.0. The normalized spacial score (nSPS) is 36.2. The monoisotopic (exact) mass is 282 g/mol. The van der Waals surface area contributed by atoms with E-state index in [1.54, 1.807) is 0 Å². The summed E-state index contributed by atoms with van der Waals surface area (Å²) in [6.07, 6.45) is 2.12. The summed E-state index contributed by atoms with van der Waals surface area (Å²) in [6.45, 7) is 2.03. The lowest BCUT2D eigenvalue weighted by Crippen LogP contribution is -2.31. The smallest absolute Gasteiger partial charge is 0.344 e. The second-order valence-corrected chi connectivity index (χ2v) is 6.26. The number of hydrogen-bond acceptors (Lipinski definition) is 3. The molecule has 0 N–H and O–H groups in total. The van der Waals surface area contributed by atoms with Crippen molar-refractivity contribution in [2.45, 2.75) is 37.4 Å². The second-order valence-electron chi connectivity index (χ2n) is 6.26. The molecule has 0 unspecified atom stereocenters. The largest absolute Gasteiger partial charge is 0.465 e. The van der Waals surface area contributed by atoms with Crippen molar-refractivity contribution < 1.29 is 14.3 Å². The summed E-state index contributed by atoms with van der Waals surface area (Å²) in [7, 11) is 1.42. The van der Waals surface area contributed by atoms with Crippen LogP contribution in [0, 0.1) is 5.92 Å². The molecule has 3 aliphatic rings. The first-order valence-electron chi connectivity index (χ1n) is 7.44. The van der Waals surface area contributed by atoms with Gasteiger partial charge in [-0.3, -0.25) is 0 Å². The maximum atomic E-state index is 12.1. The molecule has 108 valence electrons. The van der Waals surface area contributed by atoms with Crippen molar-refractivity contribution in [3.8, 4) is 0 Å². The predicted octanol–water partition coefficient (Wildman–Crippen LogP) is 2.98. The highest BCUT2D eigenvalue weighted by Crippen LogP contribution is 2.65. The molecule has 4 rings (SSSR count). The minimum atomic E-state index is -0.437. The van der Waals surface area contributed by atoms with Gasteiger partial charge in [-0.25, -0.2) is 4.79 Å². The van der Waals surface area contributed by atoms with Crippen molar-refractivity contribution in [2.75, 3.05) is 7.11 Å². The summed E-state index contributed by atoms with van der Waals surface area (Å²) in [5.41, 5.74) is 5.81. The van der Waals surface area contributed by atoms with Gasteiger partial charge in [0.25, 0.3) is 0 Å². The van der Waals surface area contributed by atoms with Crippen LogP contribution in [-0.2, 0) is 14.3 Å².